The molecule has 48 valence electrons. The Balaban J connectivity index is 3.55. The summed E-state index contributed by atoms with van der Waals surface area (Å²) in [5, 5.41) is 32.0. The molecule has 0 aliphatic carbocycles. The first-order valence-electron chi connectivity index (χ1n) is 1.60. The van der Waals surface area contributed by atoms with Crippen molar-refractivity contribution in [2.45, 2.75) is 6.10 Å². The van der Waals surface area contributed by atoms with E-state index in [-0.39, 0.29) is 0 Å². The van der Waals surface area contributed by atoms with Crippen LogP contribution in [0, 0.1) is 0 Å². The van der Waals surface area contributed by atoms with E-state index in [1.807, 2.05) is 0 Å². The minimum Gasteiger partial charge on any atom is -0.465 e. The van der Waals surface area contributed by atoms with E-state index < -0.39 is 12.2 Å². The summed E-state index contributed by atoms with van der Waals surface area (Å²) in [7, 11) is 0. The average molecular weight is 123 g/mol. The van der Waals surface area contributed by atoms with Gasteiger partial charge in [0, 0.05) is 0 Å². The molecule has 1 amide bonds. The normalized spacial score (nSPS) is 10.9. The van der Waals surface area contributed by atoms with Gasteiger partial charge in [0.2, 0.25) is 0 Å². The van der Waals surface area contributed by atoms with Gasteiger partial charge in [-0.2, -0.15) is 0 Å². The Bertz CT molecular complexity index is 93.1. The van der Waals surface area contributed by atoms with Gasteiger partial charge in [-0.15, -0.1) is 0 Å². The first kappa shape index (κ1) is 7.15. The third-order valence-electron chi connectivity index (χ3n) is 0.275. The van der Waals surface area contributed by atoms with Gasteiger partial charge in [-0.3, -0.25) is 0 Å². The highest BCUT2D eigenvalue weighted by Gasteiger charge is 2.19. The van der Waals surface area contributed by atoms with E-state index in [4.69, 9.17) is 20.4 Å². The van der Waals surface area contributed by atoms with Gasteiger partial charge in [0.05, 0.1) is 0 Å². The van der Waals surface area contributed by atoms with Gasteiger partial charge < -0.3 is 20.4 Å². The van der Waals surface area contributed by atoms with Crippen LogP contribution in [0.2, 0.25) is 0 Å². The maximum absolute atomic E-state index is 9.42. The lowest BCUT2D eigenvalue weighted by atomic mass is 10.9. The monoisotopic (exact) mass is 123 g/mol. The van der Waals surface area contributed by atoms with Crippen molar-refractivity contribution in [2.75, 3.05) is 0 Å². The minimum atomic E-state index is -3.33. The van der Waals surface area contributed by atoms with E-state index in [1.54, 1.807) is 0 Å². The second-order valence-corrected chi connectivity index (χ2v) is 1.07. The van der Waals surface area contributed by atoms with E-state index in [0.717, 1.165) is 5.32 Å². The molecule has 0 bridgehead atoms. The topological polar surface area (TPSA) is 110 Å². The number of rotatable bonds is 1. The quantitative estimate of drug-likeness (QED) is 0.255. The van der Waals surface area contributed by atoms with E-state index in [9.17, 15) is 4.79 Å². The Hall–Kier alpha value is -0.850. The Labute approximate surface area is 44.0 Å². The van der Waals surface area contributed by atoms with Crippen LogP contribution in [0.4, 0.5) is 4.79 Å². The molecule has 0 aromatic rings. The van der Waals surface area contributed by atoms with Gasteiger partial charge in [-0.05, 0) is 0 Å². The SMILES string of the molecule is O=C(O)NC(O)(O)O. The fourth-order valence-electron chi connectivity index (χ4n) is 0.143. The van der Waals surface area contributed by atoms with E-state index in [2.05, 4.69) is 0 Å². The maximum Gasteiger partial charge on any atom is 0.410 e. The third kappa shape index (κ3) is 5.15. The van der Waals surface area contributed by atoms with E-state index in [0.29, 0.717) is 0 Å². The molecule has 0 aliphatic heterocycles. The Morgan fingerprint density at radius 3 is 1.75 bits per heavy atom. The van der Waals surface area contributed by atoms with Crippen molar-refractivity contribution in [1.82, 2.24) is 5.32 Å². The lowest BCUT2D eigenvalue weighted by molar-refractivity contribution is -0.324. The average Bonchev–Trinajstić information content (AvgIpc) is 1.21. The van der Waals surface area contributed by atoms with Crippen LogP contribution in [0.15, 0.2) is 0 Å². The summed E-state index contributed by atoms with van der Waals surface area (Å²) in [5.74, 6) is 0. The first-order chi connectivity index (χ1) is 3.42. The Morgan fingerprint density at radius 2 is 1.75 bits per heavy atom. The number of hydrogen-bond acceptors (Lipinski definition) is 4. The number of amides is 1. The molecule has 5 N–H and O–H groups in total. The van der Waals surface area contributed by atoms with Gasteiger partial charge in [-0.25, -0.2) is 10.1 Å². The van der Waals surface area contributed by atoms with Gasteiger partial charge in [0.15, 0.2) is 0 Å². The molecule has 0 radical (unpaired) electrons. The van der Waals surface area contributed by atoms with Gasteiger partial charge in [0.1, 0.15) is 0 Å². The molecule has 0 atom stereocenters. The highest BCUT2D eigenvalue weighted by atomic mass is 16.7. The zero-order chi connectivity index (χ0) is 6.78. The summed E-state index contributed by atoms with van der Waals surface area (Å²) in [5.41, 5.74) is 0. The fourth-order valence-corrected chi connectivity index (χ4v) is 0.143. The van der Waals surface area contributed by atoms with Crippen molar-refractivity contribution in [3.05, 3.63) is 0 Å². The second-order valence-electron chi connectivity index (χ2n) is 1.07. The Morgan fingerprint density at radius 1 is 1.38 bits per heavy atom. The van der Waals surface area contributed by atoms with Crippen LogP contribution in [0.5, 0.6) is 0 Å². The Kier molecular flexibility index (Phi) is 1.74. The highest BCUT2D eigenvalue weighted by molar-refractivity contribution is 5.64. The van der Waals surface area contributed by atoms with Crippen molar-refractivity contribution in [3.8, 4) is 0 Å². The van der Waals surface area contributed by atoms with Crippen LogP contribution in [-0.2, 0) is 0 Å². The summed E-state index contributed by atoms with van der Waals surface area (Å²) in [6, 6.07) is 0. The molecular formula is C2H5NO5. The van der Waals surface area contributed by atoms with Crippen LogP contribution in [0.1, 0.15) is 0 Å². The number of hydrogen-bond donors (Lipinski definition) is 5. The zero-order valence-corrected chi connectivity index (χ0v) is 3.70. The molecule has 0 aliphatic rings. The molecule has 0 unspecified atom stereocenters. The summed E-state index contributed by atoms with van der Waals surface area (Å²) in [6.45, 7) is 0. The van der Waals surface area contributed by atoms with Crippen LogP contribution < -0.4 is 5.32 Å². The molecule has 0 saturated carbocycles. The summed E-state index contributed by atoms with van der Waals surface area (Å²) < 4.78 is 0. The molecule has 0 heterocycles. The van der Waals surface area contributed by atoms with Crippen LogP contribution in [0.25, 0.3) is 0 Å². The van der Waals surface area contributed by atoms with E-state index >= 15 is 0 Å². The van der Waals surface area contributed by atoms with Crippen molar-refractivity contribution in [2.24, 2.45) is 0 Å². The molecule has 0 fully saturated rings. The molecule has 0 spiro atoms. The zero-order valence-electron chi connectivity index (χ0n) is 3.70. The van der Waals surface area contributed by atoms with E-state index in [1.165, 1.54) is 0 Å². The number of nitrogens with one attached hydrogen (secondary N) is 1. The second kappa shape index (κ2) is 1.95. The molecule has 0 saturated heterocycles. The smallest absolute Gasteiger partial charge is 0.410 e. The molecule has 8 heavy (non-hydrogen) atoms. The lowest BCUT2D eigenvalue weighted by Crippen LogP contribution is -2.47. The van der Waals surface area contributed by atoms with Crippen LogP contribution in [-0.4, -0.2) is 32.6 Å². The van der Waals surface area contributed by atoms with Crippen molar-refractivity contribution < 1.29 is 25.2 Å². The molecule has 0 aromatic heterocycles. The first-order valence-corrected chi connectivity index (χ1v) is 1.60. The van der Waals surface area contributed by atoms with Gasteiger partial charge in [-0.1, -0.05) is 0 Å². The van der Waals surface area contributed by atoms with Gasteiger partial charge in [0.25, 0.3) is 0 Å². The predicted molar refractivity (Wildman–Crippen MR) is 20.5 cm³/mol. The highest BCUT2D eigenvalue weighted by Crippen LogP contribution is 1.81. The van der Waals surface area contributed by atoms with Crippen molar-refractivity contribution >= 4 is 6.09 Å². The van der Waals surface area contributed by atoms with Crippen LogP contribution in [0.3, 0.4) is 0 Å². The van der Waals surface area contributed by atoms with Crippen molar-refractivity contribution in [3.63, 3.8) is 0 Å². The summed E-state index contributed by atoms with van der Waals surface area (Å²) >= 11 is 0. The summed E-state index contributed by atoms with van der Waals surface area (Å²) in [6.07, 6.45) is -5.05. The lowest BCUT2D eigenvalue weighted by Gasteiger charge is -2.11. The fraction of sp³-hybridized carbons (Fsp3) is 0.500. The third-order valence-corrected chi connectivity index (χ3v) is 0.275. The number of aliphatic hydroxyl groups is 3. The standard InChI is InChI=1S/C2H5NO5/c4-1(5)3-2(6,7)8/h3,6-8H,(H,4,5). The molecule has 6 nitrogen and oxygen atoms in total. The molecule has 6 heteroatoms. The summed E-state index contributed by atoms with van der Waals surface area (Å²) in [4.78, 5) is 9.42. The molecular weight excluding hydrogens is 118 g/mol. The number of carbonyl (C=O) groups is 1. The van der Waals surface area contributed by atoms with Gasteiger partial charge >= 0.3 is 12.2 Å². The maximum atomic E-state index is 9.42. The van der Waals surface area contributed by atoms with Crippen molar-refractivity contribution in [1.29, 1.82) is 0 Å². The number of carboxylic acid groups (broad SMARTS) is 1. The predicted octanol–water partition coefficient (Wildman–Crippen LogP) is -2.16. The van der Waals surface area contributed by atoms with Crippen LogP contribution >= 0.6 is 0 Å². The largest absolute Gasteiger partial charge is 0.465 e. The molecule has 0 rings (SSSR count). The minimum absolute atomic E-state index is 0.965. The molecule has 0 aromatic carbocycles.